The van der Waals surface area contributed by atoms with Crippen molar-refractivity contribution in [2.24, 2.45) is 0 Å². The molecule has 0 aliphatic rings. The lowest BCUT2D eigenvalue weighted by molar-refractivity contribution is -0.138. The van der Waals surface area contributed by atoms with Gasteiger partial charge >= 0.3 is 6.09 Å². The number of hydroxylamine groups is 2. The molecule has 1 aromatic carbocycles. The lowest BCUT2D eigenvalue weighted by Crippen LogP contribution is -2.29. The quantitative estimate of drug-likeness (QED) is 0.748. The van der Waals surface area contributed by atoms with Gasteiger partial charge in [0.15, 0.2) is 0 Å². The third kappa shape index (κ3) is 3.06. The van der Waals surface area contributed by atoms with Crippen LogP contribution in [0.15, 0.2) is 30.3 Å². The number of amides is 1. The summed E-state index contributed by atoms with van der Waals surface area (Å²) in [5.74, 6) is 0. The van der Waals surface area contributed by atoms with Crippen LogP contribution in [0.3, 0.4) is 0 Å². The van der Waals surface area contributed by atoms with E-state index in [1.807, 2.05) is 30.3 Å². The van der Waals surface area contributed by atoms with Gasteiger partial charge in [-0.3, -0.25) is 4.84 Å². The highest BCUT2D eigenvalue weighted by molar-refractivity contribution is 5.63. The van der Waals surface area contributed by atoms with E-state index in [9.17, 15) is 4.79 Å². The summed E-state index contributed by atoms with van der Waals surface area (Å²) in [7, 11) is 0. The molecule has 0 saturated heterocycles. The Labute approximate surface area is 82.7 Å². The van der Waals surface area contributed by atoms with Crippen molar-refractivity contribution in [2.75, 3.05) is 6.54 Å². The Morgan fingerprint density at radius 3 is 2.57 bits per heavy atom. The fourth-order valence-electron chi connectivity index (χ4n) is 1.01. The van der Waals surface area contributed by atoms with Crippen LogP contribution in [0.5, 0.6) is 0 Å². The summed E-state index contributed by atoms with van der Waals surface area (Å²) in [5, 5.41) is 9.56. The van der Waals surface area contributed by atoms with Gasteiger partial charge in [-0.2, -0.15) is 5.06 Å². The lowest BCUT2D eigenvalue weighted by Gasteiger charge is -2.15. The van der Waals surface area contributed by atoms with Crippen LogP contribution >= 0.6 is 0 Å². The smallest absolute Gasteiger partial charge is 0.431 e. The monoisotopic (exact) mass is 195 g/mol. The van der Waals surface area contributed by atoms with E-state index in [0.717, 1.165) is 10.6 Å². The van der Waals surface area contributed by atoms with Gasteiger partial charge in [-0.15, -0.1) is 0 Å². The van der Waals surface area contributed by atoms with Gasteiger partial charge in [0.25, 0.3) is 0 Å². The summed E-state index contributed by atoms with van der Waals surface area (Å²) in [5.41, 5.74) is 0.951. The van der Waals surface area contributed by atoms with Crippen molar-refractivity contribution in [1.82, 2.24) is 5.06 Å². The van der Waals surface area contributed by atoms with Crippen LogP contribution in [0.25, 0.3) is 0 Å². The van der Waals surface area contributed by atoms with E-state index in [2.05, 4.69) is 0 Å². The van der Waals surface area contributed by atoms with Gasteiger partial charge in [0.1, 0.15) is 6.61 Å². The molecule has 1 aromatic rings. The Bertz CT molecular complexity index is 287. The van der Waals surface area contributed by atoms with Crippen molar-refractivity contribution < 1.29 is 14.7 Å². The second-order valence-electron chi connectivity index (χ2n) is 2.74. The number of benzene rings is 1. The molecule has 0 radical (unpaired) electrons. The van der Waals surface area contributed by atoms with E-state index >= 15 is 0 Å². The second-order valence-corrected chi connectivity index (χ2v) is 2.74. The number of hydrogen-bond acceptors (Lipinski definition) is 2. The van der Waals surface area contributed by atoms with E-state index in [1.54, 1.807) is 6.92 Å². The standard InChI is InChI=1S/C10H13NO3/c1-2-11(10(12)13)14-8-9-6-4-3-5-7-9/h3-7H,2,8H2,1H3,(H,12,13). The van der Waals surface area contributed by atoms with E-state index in [1.165, 1.54) is 0 Å². The molecule has 0 saturated carbocycles. The Morgan fingerprint density at radius 2 is 2.07 bits per heavy atom. The van der Waals surface area contributed by atoms with Gasteiger partial charge in [-0.25, -0.2) is 4.79 Å². The molecule has 4 nitrogen and oxygen atoms in total. The van der Waals surface area contributed by atoms with Gasteiger partial charge in [0, 0.05) is 6.54 Å². The van der Waals surface area contributed by atoms with Crippen LogP contribution < -0.4 is 0 Å². The Morgan fingerprint density at radius 1 is 1.43 bits per heavy atom. The molecule has 1 amide bonds. The zero-order valence-electron chi connectivity index (χ0n) is 8.01. The minimum absolute atomic E-state index is 0.279. The number of rotatable bonds is 4. The third-order valence-corrected chi connectivity index (χ3v) is 1.73. The molecule has 0 bridgehead atoms. The first kappa shape index (κ1) is 10.5. The van der Waals surface area contributed by atoms with Crippen molar-refractivity contribution in [3.8, 4) is 0 Å². The summed E-state index contributed by atoms with van der Waals surface area (Å²) in [6, 6.07) is 9.44. The molecule has 1 rings (SSSR count). The fourth-order valence-corrected chi connectivity index (χ4v) is 1.01. The van der Waals surface area contributed by atoms with Gasteiger partial charge in [0.05, 0.1) is 0 Å². The molecule has 0 aromatic heterocycles. The maximum atomic E-state index is 10.6. The van der Waals surface area contributed by atoms with Gasteiger partial charge in [-0.1, -0.05) is 30.3 Å². The average molecular weight is 195 g/mol. The van der Waals surface area contributed by atoms with Gasteiger partial charge < -0.3 is 5.11 Å². The van der Waals surface area contributed by atoms with Crippen LogP contribution in [-0.2, 0) is 11.4 Å². The molecule has 0 heterocycles. The Balaban J connectivity index is 2.44. The molecule has 0 spiro atoms. The van der Waals surface area contributed by atoms with Gasteiger partial charge in [-0.05, 0) is 12.5 Å². The number of nitrogens with zero attached hydrogens (tertiary/aromatic N) is 1. The zero-order chi connectivity index (χ0) is 10.4. The largest absolute Gasteiger partial charge is 0.463 e. The molecule has 14 heavy (non-hydrogen) atoms. The van der Waals surface area contributed by atoms with E-state index in [4.69, 9.17) is 9.94 Å². The predicted octanol–water partition coefficient (Wildman–Crippen LogP) is 2.12. The summed E-state index contributed by atoms with van der Waals surface area (Å²) in [6.07, 6.45) is -1.07. The molecule has 0 atom stereocenters. The molecular weight excluding hydrogens is 182 g/mol. The van der Waals surface area contributed by atoms with Crippen molar-refractivity contribution in [3.63, 3.8) is 0 Å². The lowest BCUT2D eigenvalue weighted by atomic mass is 10.2. The maximum absolute atomic E-state index is 10.6. The van der Waals surface area contributed by atoms with Crippen LogP contribution in [0.4, 0.5) is 4.79 Å². The summed E-state index contributed by atoms with van der Waals surface area (Å²) in [4.78, 5) is 15.6. The summed E-state index contributed by atoms with van der Waals surface area (Å²) >= 11 is 0. The van der Waals surface area contributed by atoms with E-state index in [0.29, 0.717) is 6.54 Å². The molecule has 0 aliphatic heterocycles. The van der Waals surface area contributed by atoms with Crippen molar-refractivity contribution in [3.05, 3.63) is 35.9 Å². The minimum Gasteiger partial charge on any atom is -0.463 e. The highest BCUT2D eigenvalue weighted by atomic mass is 16.7. The predicted molar refractivity (Wildman–Crippen MR) is 51.6 cm³/mol. The number of carbonyl (C=O) groups is 1. The molecule has 0 aliphatic carbocycles. The third-order valence-electron chi connectivity index (χ3n) is 1.73. The molecule has 4 heteroatoms. The van der Waals surface area contributed by atoms with Gasteiger partial charge in [0.2, 0.25) is 0 Å². The number of carboxylic acid groups (broad SMARTS) is 1. The number of hydrogen-bond donors (Lipinski definition) is 1. The van der Waals surface area contributed by atoms with Crippen molar-refractivity contribution in [1.29, 1.82) is 0 Å². The van der Waals surface area contributed by atoms with Crippen molar-refractivity contribution >= 4 is 6.09 Å². The van der Waals surface area contributed by atoms with Crippen LogP contribution in [0, 0.1) is 0 Å². The van der Waals surface area contributed by atoms with E-state index in [-0.39, 0.29) is 6.61 Å². The van der Waals surface area contributed by atoms with Crippen molar-refractivity contribution in [2.45, 2.75) is 13.5 Å². The Hall–Kier alpha value is -1.55. The zero-order valence-corrected chi connectivity index (χ0v) is 8.01. The van der Waals surface area contributed by atoms with E-state index < -0.39 is 6.09 Å². The van der Waals surface area contributed by atoms with Crippen LogP contribution in [0.1, 0.15) is 12.5 Å². The second kappa shape index (κ2) is 5.24. The van der Waals surface area contributed by atoms with Crippen LogP contribution in [0.2, 0.25) is 0 Å². The topological polar surface area (TPSA) is 49.8 Å². The molecule has 0 unspecified atom stereocenters. The fraction of sp³-hybridized carbons (Fsp3) is 0.300. The molecule has 76 valence electrons. The summed E-state index contributed by atoms with van der Waals surface area (Å²) in [6.45, 7) is 2.32. The normalized spacial score (nSPS) is 9.79. The molecular formula is C10H13NO3. The minimum atomic E-state index is -1.07. The highest BCUT2D eigenvalue weighted by Gasteiger charge is 2.08. The first-order chi connectivity index (χ1) is 6.74. The SMILES string of the molecule is CCN(OCc1ccccc1)C(=O)O. The summed E-state index contributed by atoms with van der Waals surface area (Å²) < 4.78 is 0. The molecule has 0 fully saturated rings. The maximum Gasteiger partial charge on any atom is 0.431 e. The highest BCUT2D eigenvalue weighted by Crippen LogP contribution is 2.02. The first-order valence-corrected chi connectivity index (χ1v) is 4.41. The first-order valence-electron chi connectivity index (χ1n) is 4.41. The Kier molecular flexibility index (Phi) is 3.94. The average Bonchev–Trinajstić information content (AvgIpc) is 2.20. The molecule has 1 N–H and O–H groups in total. The van der Waals surface area contributed by atoms with Crippen LogP contribution in [-0.4, -0.2) is 22.8 Å².